The Balaban J connectivity index is 0.00000364. The molecule has 0 aromatic heterocycles. The molecule has 0 fully saturated rings. The van der Waals surface area contributed by atoms with Crippen LogP contribution in [0.2, 0.25) is 0 Å². The monoisotopic (exact) mass is 418 g/mol. The van der Waals surface area contributed by atoms with E-state index in [1.54, 1.807) is 12.1 Å². The number of nitrogens with one attached hydrogen (secondary N) is 1. The number of nitrogens with zero attached hydrogens (tertiary/aromatic N) is 1. The van der Waals surface area contributed by atoms with Gasteiger partial charge in [0.25, 0.3) is 5.69 Å². The fourth-order valence-electron chi connectivity index (χ4n) is 2.23. The van der Waals surface area contributed by atoms with Crippen LogP contribution in [-0.2, 0) is 21.3 Å². The maximum atomic E-state index is 12.4. The first-order valence-corrected chi connectivity index (χ1v) is 9.46. The zero-order valence-electron chi connectivity index (χ0n) is 14.4. The molecule has 0 spiro atoms. The smallest absolute Gasteiger partial charge is 0.744 e. The van der Waals surface area contributed by atoms with Crippen molar-refractivity contribution in [3.63, 3.8) is 0 Å². The van der Waals surface area contributed by atoms with Crippen LogP contribution in [0.4, 0.5) is 11.4 Å². The largest absolute Gasteiger partial charge is 1.00 e. The average molecular weight is 418 g/mol. The molecule has 1 atom stereocenters. The van der Waals surface area contributed by atoms with E-state index in [0.29, 0.717) is 12.1 Å². The van der Waals surface area contributed by atoms with Crippen molar-refractivity contribution in [3.8, 4) is 0 Å². The van der Waals surface area contributed by atoms with Gasteiger partial charge >= 0.3 is 29.6 Å². The molecule has 11 heteroatoms. The summed E-state index contributed by atoms with van der Waals surface area (Å²) in [5, 5.41) is 13.3. The van der Waals surface area contributed by atoms with Gasteiger partial charge in [0.05, 0.1) is 15.7 Å². The molecule has 0 bridgehead atoms. The van der Waals surface area contributed by atoms with Crippen molar-refractivity contribution >= 4 is 40.0 Å². The number of rotatable bonds is 7. The maximum Gasteiger partial charge on any atom is 1.00 e. The van der Waals surface area contributed by atoms with Gasteiger partial charge in [0.2, 0.25) is 5.91 Å². The molecule has 0 aliphatic heterocycles. The topological polar surface area (TPSA) is 129 Å². The number of carbonyl (C=O) groups is 1. The Hall–Kier alpha value is -1.43. The minimum absolute atomic E-state index is 0. The van der Waals surface area contributed by atoms with Crippen LogP contribution in [0.3, 0.4) is 0 Å². The van der Waals surface area contributed by atoms with E-state index in [-0.39, 0.29) is 51.8 Å². The molecule has 2 rings (SSSR count). The van der Waals surface area contributed by atoms with Crippen LogP contribution in [-0.4, -0.2) is 29.6 Å². The van der Waals surface area contributed by atoms with E-state index in [0.717, 1.165) is 17.7 Å². The standard InChI is InChI=1S/C16H16N2O6S2.Na/c19-16(17-13-3-7-15(8-4-13)26(22,23)24)12(10-25)9-11-1-5-14(6-2-11)18(20)21;/h1-8,12,25H,9-10H2,(H,17,19)(H,22,23,24);/q;+1/p-1. The second kappa shape index (κ2) is 10.2. The SMILES string of the molecule is O=C(Nc1ccc(S(=O)(=O)[O-])cc1)C(CS)Cc1ccc([N+](=O)[O-])cc1.[Na+]. The molecule has 27 heavy (non-hydrogen) atoms. The van der Waals surface area contributed by atoms with E-state index in [4.69, 9.17) is 0 Å². The molecular weight excluding hydrogens is 403 g/mol. The number of carbonyl (C=O) groups excluding carboxylic acids is 1. The van der Waals surface area contributed by atoms with E-state index >= 15 is 0 Å². The Bertz CT molecular complexity index is 902. The number of amides is 1. The van der Waals surface area contributed by atoms with E-state index < -0.39 is 21.0 Å². The summed E-state index contributed by atoms with van der Waals surface area (Å²) in [7, 11) is -4.54. The summed E-state index contributed by atoms with van der Waals surface area (Å²) in [5.41, 5.74) is 1.06. The average Bonchev–Trinajstić information content (AvgIpc) is 2.59. The molecule has 1 amide bonds. The number of hydrogen-bond donors (Lipinski definition) is 2. The Morgan fingerprint density at radius 2 is 1.67 bits per heavy atom. The quantitative estimate of drug-likeness (QED) is 0.200. The van der Waals surface area contributed by atoms with Gasteiger partial charge < -0.3 is 9.87 Å². The molecule has 8 nitrogen and oxygen atoms in total. The predicted octanol–water partition coefficient (Wildman–Crippen LogP) is -0.770. The van der Waals surface area contributed by atoms with Crippen molar-refractivity contribution in [2.75, 3.05) is 11.1 Å². The van der Waals surface area contributed by atoms with Gasteiger partial charge in [-0.05, 0) is 36.2 Å². The summed E-state index contributed by atoms with van der Waals surface area (Å²) < 4.78 is 32.7. The summed E-state index contributed by atoms with van der Waals surface area (Å²) >= 11 is 4.17. The van der Waals surface area contributed by atoms with Crippen molar-refractivity contribution in [1.82, 2.24) is 0 Å². The van der Waals surface area contributed by atoms with Gasteiger partial charge in [-0.3, -0.25) is 14.9 Å². The van der Waals surface area contributed by atoms with Crippen molar-refractivity contribution in [2.45, 2.75) is 11.3 Å². The molecule has 0 heterocycles. The van der Waals surface area contributed by atoms with Crippen molar-refractivity contribution in [2.24, 2.45) is 5.92 Å². The third-order valence-corrected chi connectivity index (χ3v) is 4.92. The molecule has 2 aromatic rings. The Labute approximate surface area is 184 Å². The number of thiol groups is 1. The van der Waals surface area contributed by atoms with E-state index in [1.807, 2.05) is 0 Å². The number of benzene rings is 2. The number of hydrogen-bond acceptors (Lipinski definition) is 7. The normalized spacial score (nSPS) is 11.9. The molecule has 0 saturated heterocycles. The predicted molar refractivity (Wildman–Crippen MR) is 97.2 cm³/mol. The van der Waals surface area contributed by atoms with Gasteiger partial charge in [-0.1, -0.05) is 12.1 Å². The number of non-ortho nitro benzene ring substituents is 1. The first kappa shape index (κ1) is 23.6. The Morgan fingerprint density at radius 3 is 2.11 bits per heavy atom. The summed E-state index contributed by atoms with van der Waals surface area (Å²) in [4.78, 5) is 22.1. The first-order valence-electron chi connectivity index (χ1n) is 7.41. The summed E-state index contributed by atoms with van der Waals surface area (Å²) in [6, 6.07) is 10.8. The molecule has 1 unspecified atom stereocenters. The minimum Gasteiger partial charge on any atom is -0.744 e. The molecule has 0 saturated carbocycles. The zero-order chi connectivity index (χ0) is 19.3. The summed E-state index contributed by atoms with van der Waals surface area (Å²) in [6.07, 6.45) is 0.334. The third-order valence-electron chi connectivity index (χ3n) is 3.63. The fourth-order valence-corrected chi connectivity index (χ4v) is 2.99. The summed E-state index contributed by atoms with van der Waals surface area (Å²) in [5.74, 6) is -0.589. The first-order chi connectivity index (χ1) is 12.2. The number of anilines is 1. The Kier molecular flexibility index (Phi) is 8.92. The molecule has 0 aliphatic carbocycles. The van der Waals surface area contributed by atoms with Gasteiger partial charge in [-0.15, -0.1) is 0 Å². The number of nitro benzene ring substituents is 1. The third kappa shape index (κ3) is 6.91. The van der Waals surface area contributed by atoms with E-state index in [9.17, 15) is 27.9 Å². The molecule has 0 aliphatic rings. The van der Waals surface area contributed by atoms with Crippen molar-refractivity contribution in [3.05, 3.63) is 64.2 Å². The molecule has 0 radical (unpaired) electrons. The van der Waals surface area contributed by atoms with Gasteiger partial charge in [0.1, 0.15) is 10.1 Å². The van der Waals surface area contributed by atoms with Crippen LogP contribution in [0.25, 0.3) is 0 Å². The second-order valence-electron chi connectivity index (χ2n) is 5.47. The van der Waals surface area contributed by atoms with Crippen LogP contribution < -0.4 is 34.9 Å². The van der Waals surface area contributed by atoms with Gasteiger partial charge in [0.15, 0.2) is 0 Å². The Morgan fingerprint density at radius 1 is 1.11 bits per heavy atom. The van der Waals surface area contributed by atoms with Crippen molar-refractivity contribution in [1.29, 1.82) is 0 Å². The van der Waals surface area contributed by atoms with Crippen LogP contribution >= 0.6 is 12.6 Å². The minimum atomic E-state index is -4.54. The molecular formula is C16H15N2NaO6S2. The summed E-state index contributed by atoms with van der Waals surface area (Å²) in [6.45, 7) is 0. The maximum absolute atomic E-state index is 12.4. The van der Waals surface area contributed by atoms with E-state index in [2.05, 4.69) is 17.9 Å². The number of nitro groups is 1. The van der Waals surface area contributed by atoms with Crippen LogP contribution in [0.15, 0.2) is 53.4 Å². The van der Waals surface area contributed by atoms with Crippen molar-refractivity contribution < 1.29 is 52.2 Å². The fraction of sp³-hybridized carbons (Fsp3) is 0.188. The molecule has 1 N–H and O–H groups in total. The molecule has 138 valence electrons. The van der Waals surface area contributed by atoms with Gasteiger partial charge in [-0.25, -0.2) is 8.42 Å². The van der Waals surface area contributed by atoms with Crippen LogP contribution in [0.1, 0.15) is 5.56 Å². The second-order valence-corrected chi connectivity index (χ2v) is 7.22. The van der Waals surface area contributed by atoms with E-state index in [1.165, 1.54) is 24.3 Å². The zero-order valence-corrected chi connectivity index (χ0v) is 18.1. The molecule has 2 aromatic carbocycles. The van der Waals surface area contributed by atoms with Crippen LogP contribution in [0.5, 0.6) is 0 Å². The van der Waals surface area contributed by atoms with Crippen LogP contribution in [0, 0.1) is 16.0 Å². The van der Waals surface area contributed by atoms with Gasteiger partial charge in [0, 0.05) is 23.6 Å². The van der Waals surface area contributed by atoms with Gasteiger partial charge in [-0.2, -0.15) is 12.6 Å².